The highest BCUT2D eigenvalue weighted by molar-refractivity contribution is 6.30. The second-order valence-electron chi connectivity index (χ2n) is 12.9. The van der Waals surface area contributed by atoms with Gasteiger partial charge in [-0.2, -0.15) is 5.26 Å². The average molecular weight is 727 g/mol. The molecule has 0 bridgehead atoms. The number of esters is 1. The van der Waals surface area contributed by atoms with Crippen LogP contribution in [0, 0.1) is 11.3 Å². The Balaban J connectivity index is 0.972. The van der Waals surface area contributed by atoms with Crippen molar-refractivity contribution in [3.8, 4) is 28.7 Å². The van der Waals surface area contributed by atoms with Gasteiger partial charge in [-0.15, -0.1) is 0 Å². The third-order valence-corrected chi connectivity index (χ3v) is 9.58. The van der Waals surface area contributed by atoms with Crippen LogP contribution in [0.5, 0.6) is 11.5 Å². The highest BCUT2D eigenvalue weighted by Crippen LogP contribution is 2.38. The number of carbonyl (C=O) groups is 3. The van der Waals surface area contributed by atoms with Gasteiger partial charge < -0.3 is 30.2 Å². The first-order valence-electron chi connectivity index (χ1n) is 17.1. The molecular formula is C42H35ClN4O6. The number of rotatable bonds is 10. The van der Waals surface area contributed by atoms with Gasteiger partial charge in [0.05, 0.1) is 30.5 Å². The Morgan fingerprint density at radius 1 is 0.943 bits per heavy atom. The van der Waals surface area contributed by atoms with Gasteiger partial charge >= 0.3 is 5.97 Å². The molecule has 3 N–H and O–H groups in total. The lowest BCUT2D eigenvalue weighted by atomic mass is 9.93. The van der Waals surface area contributed by atoms with Crippen molar-refractivity contribution in [3.05, 3.63) is 148 Å². The van der Waals surface area contributed by atoms with Gasteiger partial charge in [-0.25, -0.2) is 4.79 Å². The van der Waals surface area contributed by atoms with Crippen LogP contribution in [-0.2, 0) is 45.1 Å². The molecule has 266 valence electrons. The molecule has 2 heterocycles. The number of hydrogen-bond donors (Lipinski definition) is 3. The Morgan fingerprint density at radius 3 is 2.38 bits per heavy atom. The first-order valence-corrected chi connectivity index (χ1v) is 17.5. The summed E-state index contributed by atoms with van der Waals surface area (Å²) in [5, 5.41) is 18.8. The van der Waals surface area contributed by atoms with E-state index in [1.165, 1.54) is 7.11 Å². The van der Waals surface area contributed by atoms with Gasteiger partial charge in [-0.05, 0) is 88.3 Å². The second-order valence-corrected chi connectivity index (χ2v) is 13.3. The fraction of sp³-hybridized carbons (Fsp3) is 0.190. The Kier molecular flexibility index (Phi) is 10.4. The lowest BCUT2D eigenvalue weighted by Gasteiger charge is -2.31. The van der Waals surface area contributed by atoms with Gasteiger partial charge in [0.2, 0.25) is 12.0 Å². The molecule has 0 saturated heterocycles. The summed E-state index contributed by atoms with van der Waals surface area (Å²) in [6.07, 6.45) is -0.260. The number of fused-ring (bicyclic) bond motifs is 2. The zero-order valence-electron chi connectivity index (χ0n) is 28.7. The maximum atomic E-state index is 13.5. The average Bonchev–Trinajstić information content (AvgIpc) is 3.19. The molecule has 11 heteroatoms. The molecule has 0 aliphatic carbocycles. The Morgan fingerprint density at radius 2 is 1.68 bits per heavy atom. The zero-order valence-corrected chi connectivity index (χ0v) is 29.5. The van der Waals surface area contributed by atoms with E-state index in [9.17, 15) is 14.4 Å². The SMILES string of the molecule is COC(=O)[C@H](Cc1ccc(-c2ccc(C#N)cc2)cc1)NC(=O)C1Cc2cc3c(cc2CN1)O[C@@H](c1ccc(OCc2cccc(Cl)c2)cc1)C(=O)N3. The molecule has 0 spiro atoms. The summed E-state index contributed by atoms with van der Waals surface area (Å²) in [4.78, 5) is 39.5. The number of methoxy groups -OCH3 is 1. The van der Waals surface area contributed by atoms with Gasteiger partial charge in [-0.3, -0.25) is 9.59 Å². The fourth-order valence-electron chi connectivity index (χ4n) is 6.47. The molecule has 10 nitrogen and oxygen atoms in total. The van der Waals surface area contributed by atoms with Gasteiger partial charge in [0.15, 0.2) is 0 Å². The Bertz CT molecular complexity index is 2200. The quantitative estimate of drug-likeness (QED) is 0.140. The van der Waals surface area contributed by atoms with E-state index < -0.39 is 24.2 Å². The minimum Gasteiger partial charge on any atom is -0.489 e. The van der Waals surface area contributed by atoms with Crippen molar-refractivity contribution >= 4 is 35.1 Å². The maximum Gasteiger partial charge on any atom is 0.328 e. The third-order valence-electron chi connectivity index (χ3n) is 9.34. The number of carbonyl (C=O) groups excluding carboxylic acids is 3. The van der Waals surface area contributed by atoms with Crippen LogP contribution in [0.1, 0.15) is 39.5 Å². The number of nitrogens with one attached hydrogen (secondary N) is 3. The number of nitriles is 1. The van der Waals surface area contributed by atoms with Gasteiger partial charge in [0, 0.05) is 23.6 Å². The van der Waals surface area contributed by atoms with Gasteiger partial charge in [0.1, 0.15) is 24.1 Å². The van der Waals surface area contributed by atoms with Crippen LogP contribution < -0.4 is 25.4 Å². The summed E-state index contributed by atoms with van der Waals surface area (Å²) < 4.78 is 17.1. The molecule has 5 aromatic rings. The van der Waals surface area contributed by atoms with Crippen molar-refractivity contribution < 1.29 is 28.6 Å². The number of amides is 2. The van der Waals surface area contributed by atoms with Crippen LogP contribution >= 0.6 is 11.6 Å². The molecule has 0 radical (unpaired) electrons. The lowest BCUT2D eigenvalue weighted by molar-refractivity contribution is -0.145. The first-order chi connectivity index (χ1) is 25.8. The molecule has 5 aromatic carbocycles. The number of benzene rings is 5. The summed E-state index contributed by atoms with van der Waals surface area (Å²) in [6.45, 7) is 0.750. The minimum atomic E-state index is -0.895. The molecule has 1 unspecified atom stereocenters. The van der Waals surface area contributed by atoms with E-state index in [0.717, 1.165) is 33.4 Å². The molecule has 53 heavy (non-hydrogen) atoms. The zero-order chi connectivity index (χ0) is 36.9. The molecule has 3 atom stereocenters. The number of halogens is 1. The molecule has 0 saturated carbocycles. The molecule has 2 aliphatic heterocycles. The van der Waals surface area contributed by atoms with Crippen molar-refractivity contribution in [2.45, 2.75) is 44.2 Å². The van der Waals surface area contributed by atoms with Crippen LogP contribution in [0.2, 0.25) is 5.02 Å². The predicted octanol–water partition coefficient (Wildman–Crippen LogP) is 6.44. The standard InChI is InChI=1S/C42H35ClN4O6/c1-51-42(50)37(18-25-5-9-28(10-6-25)29-11-7-26(22-44)8-12-29)47-40(48)36-20-31-19-35-38(21-32(31)23-45-36)53-39(41(49)46-35)30-13-15-34(16-14-30)52-24-27-3-2-4-33(43)17-27/h2-17,19,21,36-37,39,45H,18,20,23-24H2,1H3,(H,46,49)(H,47,48)/t36?,37-,39-/m0/s1. The number of hydrogen-bond acceptors (Lipinski definition) is 8. The lowest BCUT2D eigenvalue weighted by Crippen LogP contribution is -2.53. The minimum absolute atomic E-state index is 0.242. The largest absolute Gasteiger partial charge is 0.489 e. The van der Waals surface area contributed by atoms with Crippen LogP contribution in [-0.4, -0.2) is 37.0 Å². The summed E-state index contributed by atoms with van der Waals surface area (Å²) in [6, 6.07) is 34.0. The van der Waals surface area contributed by atoms with Crippen molar-refractivity contribution in [1.82, 2.24) is 10.6 Å². The smallest absolute Gasteiger partial charge is 0.328 e. The van der Waals surface area contributed by atoms with E-state index in [-0.39, 0.29) is 18.2 Å². The van der Waals surface area contributed by atoms with Crippen LogP contribution in [0.15, 0.2) is 109 Å². The number of anilines is 1. The number of ether oxygens (including phenoxy) is 3. The number of nitrogens with zero attached hydrogens (tertiary/aromatic N) is 1. The molecular weight excluding hydrogens is 692 g/mol. The normalized spacial score (nSPS) is 16.4. The monoisotopic (exact) mass is 726 g/mol. The van der Waals surface area contributed by atoms with Crippen molar-refractivity contribution in [2.75, 3.05) is 12.4 Å². The molecule has 2 aliphatic rings. The van der Waals surface area contributed by atoms with Crippen molar-refractivity contribution in [3.63, 3.8) is 0 Å². The summed E-state index contributed by atoms with van der Waals surface area (Å²) in [7, 11) is 1.29. The summed E-state index contributed by atoms with van der Waals surface area (Å²) >= 11 is 6.07. The van der Waals surface area contributed by atoms with E-state index >= 15 is 0 Å². The van der Waals surface area contributed by atoms with E-state index in [4.69, 9.17) is 31.1 Å². The van der Waals surface area contributed by atoms with E-state index in [2.05, 4.69) is 22.0 Å². The van der Waals surface area contributed by atoms with Crippen LogP contribution in [0.4, 0.5) is 5.69 Å². The highest BCUT2D eigenvalue weighted by Gasteiger charge is 2.33. The summed E-state index contributed by atoms with van der Waals surface area (Å²) in [5.74, 6) is -0.00148. The van der Waals surface area contributed by atoms with Gasteiger partial charge in [-0.1, -0.05) is 72.3 Å². The van der Waals surface area contributed by atoms with Crippen molar-refractivity contribution in [2.24, 2.45) is 0 Å². The van der Waals surface area contributed by atoms with E-state index in [1.807, 2.05) is 72.8 Å². The first kappa shape index (κ1) is 35.3. The molecule has 0 aromatic heterocycles. The highest BCUT2D eigenvalue weighted by atomic mass is 35.5. The van der Waals surface area contributed by atoms with Crippen LogP contribution in [0.3, 0.4) is 0 Å². The molecule has 7 rings (SSSR count). The molecule has 2 amide bonds. The third kappa shape index (κ3) is 8.17. The van der Waals surface area contributed by atoms with Crippen LogP contribution in [0.25, 0.3) is 11.1 Å². The van der Waals surface area contributed by atoms with E-state index in [1.54, 1.807) is 36.4 Å². The second kappa shape index (κ2) is 15.6. The van der Waals surface area contributed by atoms with Gasteiger partial charge in [0.25, 0.3) is 5.91 Å². The Labute approximate surface area is 311 Å². The summed E-state index contributed by atoms with van der Waals surface area (Å²) in [5.41, 5.74) is 7.35. The fourth-order valence-corrected chi connectivity index (χ4v) is 6.68. The Hall–Kier alpha value is -6.15. The van der Waals surface area contributed by atoms with E-state index in [0.29, 0.717) is 52.9 Å². The molecule has 0 fully saturated rings. The maximum absolute atomic E-state index is 13.5. The van der Waals surface area contributed by atoms with Crippen molar-refractivity contribution in [1.29, 1.82) is 5.26 Å². The predicted molar refractivity (Wildman–Crippen MR) is 199 cm³/mol. The topological polar surface area (TPSA) is 139 Å².